The molecule has 0 amide bonds. The molecule has 0 heterocycles. The number of nitrogens with zero attached hydrogens (tertiary/aromatic N) is 1. The highest BCUT2D eigenvalue weighted by molar-refractivity contribution is 5.51. The zero-order valence-electron chi connectivity index (χ0n) is 9.72. The third-order valence-corrected chi connectivity index (χ3v) is 2.45. The summed E-state index contributed by atoms with van der Waals surface area (Å²) >= 11 is 0. The van der Waals surface area contributed by atoms with Crippen LogP contribution in [0.15, 0.2) is 24.3 Å². The van der Waals surface area contributed by atoms with Gasteiger partial charge in [0.2, 0.25) is 0 Å². The first-order valence-electron chi connectivity index (χ1n) is 5.58. The van der Waals surface area contributed by atoms with Crippen LogP contribution in [0, 0.1) is 0 Å². The molecule has 0 aliphatic heterocycles. The molecule has 0 atom stereocenters. The summed E-state index contributed by atoms with van der Waals surface area (Å²) in [6, 6.07) is 7.46. The van der Waals surface area contributed by atoms with Gasteiger partial charge in [0.15, 0.2) is 0 Å². The average Bonchev–Trinajstić information content (AvgIpc) is 2.30. The molecule has 0 unspecified atom stereocenters. The molecule has 0 spiro atoms. The second-order valence-electron chi connectivity index (χ2n) is 3.54. The van der Waals surface area contributed by atoms with Gasteiger partial charge < -0.3 is 15.6 Å². The van der Waals surface area contributed by atoms with E-state index in [-0.39, 0.29) is 6.61 Å². The van der Waals surface area contributed by atoms with E-state index in [2.05, 4.69) is 11.8 Å². The number of ether oxygens (including phenoxy) is 1. The molecule has 0 aliphatic rings. The molecular formula is C12H20N2O2. The number of nitrogens with two attached hydrogens (primary N) is 1. The van der Waals surface area contributed by atoms with Crippen LogP contribution in [0.5, 0.6) is 5.75 Å². The molecule has 1 aromatic carbocycles. The summed E-state index contributed by atoms with van der Waals surface area (Å²) in [7, 11) is 0. The fraction of sp³-hybridized carbons (Fsp3) is 0.500. The number of nitrogen functional groups attached to an aromatic ring is 1. The molecule has 1 rings (SSSR count). The van der Waals surface area contributed by atoms with E-state index in [9.17, 15) is 0 Å². The Morgan fingerprint density at radius 3 is 2.69 bits per heavy atom. The average molecular weight is 224 g/mol. The van der Waals surface area contributed by atoms with Crippen LogP contribution in [0.1, 0.15) is 6.92 Å². The number of hydrogen-bond acceptors (Lipinski definition) is 4. The number of aliphatic hydroxyl groups excluding tert-OH is 1. The highest BCUT2D eigenvalue weighted by Gasteiger charge is 2.02. The summed E-state index contributed by atoms with van der Waals surface area (Å²) in [5, 5.41) is 8.83. The van der Waals surface area contributed by atoms with Gasteiger partial charge >= 0.3 is 0 Å². The molecule has 3 N–H and O–H groups in total. The van der Waals surface area contributed by atoms with Crippen LogP contribution in [0.3, 0.4) is 0 Å². The van der Waals surface area contributed by atoms with Crippen molar-refractivity contribution in [1.82, 2.24) is 4.90 Å². The molecule has 4 nitrogen and oxygen atoms in total. The molecule has 0 saturated heterocycles. The maximum Gasteiger partial charge on any atom is 0.142 e. The van der Waals surface area contributed by atoms with E-state index in [0.29, 0.717) is 18.8 Å². The lowest BCUT2D eigenvalue weighted by molar-refractivity contribution is 0.174. The summed E-state index contributed by atoms with van der Waals surface area (Å²) in [5.74, 6) is 0.725. The van der Waals surface area contributed by atoms with Crippen LogP contribution in [0.4, 0.5) is 5.69 Å². The van der Waals surface area contributed by atoms with Crippen LogP contribution in [-0.4, -0.2) is 42.9 Å². The fourth-order valence-electron chi connectivity index (χ4n) is 1.47. The van der Waals surface area contributed by atoms with E-state index in [1.807, 2.05) is 24.3 Å². The van der Waals surface area contributed by atoms with E-state index >= 15 is 0 Å². The van der Waals surface area contributed by atoms with Gasteiger partial charge in [-0.05, 0) is 18.7 Å². The van der Waals surface area contributed by atoms with E-state index in [0.717, 1.165) is 18.8 Å². The van der Waals surface area contributed by atoms with Crippen molar-refractivity contribution in [3.63, 3.8) is 0 Å². The Morgan fingerprint density at radius 2 is 2.06 bits per heavy atom. The zero-order chi connectivity index (χ0) is 11.8. The van der Waals surface area contributed by atoms with Crippen molar-refractivity contribution in [2.45, 2.75) is 6.92 Å². The van der Waals surface area contributed by atoms with Gasteiger partial charge in [0, 0.05) is 13.1 Å². The minimum atomic E-state index is 0.182. The molecule has 0 aromatic heterocycles. The fourth-order valence-corrected chi connectivity index (χ4v) is 1.47. The molecule has 0 bridgehead atoms. The number of anilines is 1. The van der Waals surface area contributed by atoms with Crippen LogP contribution in [0.25, 0.3) is 0 Å². The summed E-state index contributed by atoms with van der Waals surface area (Å²) in [6.07, 6.45) is 0. The van der Waals surface area contributed by atoms with Crippen molar-refractivity contribution in [1.29, 1.82) is 0 Å². The summed E-state index contributed by atoms with van der Waals surface area (Å²) < 4.78 is 5.57. The topological polar surface area (TPSA) is 58.7 Å². The number of likely N-dealkylation sites (N-methyl/N-ethyl adjacent to an activating group) is 1. The summed E-state index contributed by atoms with van der Waals surface area (Å²) in [4.78, 5) is 2.12. The SMILES string of the molecule is CCN(CCO)CCOc1ccccc1N. The van der Waals surface area contributed by atoms with Gasteiger partial charge in [0.05, 0.1) is 12.3 Å². The van der Waals surface area contributed by atoms with Gasteiger partial charge in [-0.1, -0.05) is 19.1 Å². The highest BCUT2D eigenvalue weighted by Crippen LogP contribution is 2.19. The van der Waals surface area contributed by atoms with Crippen molar-refractivity contribution >= 4 is 5.69 Å². The first-order chi connectivity index (χ1) is 7.77. The minimum absolute atomic E-state index is 0.182. The Bertz CT molecular complexity index is 305. The van der Waals surface area contributed by atoms with E-state index < -0.39 is 0 Å². The van der Waals surface area contributed by atoms with Gasteiger partial charge in [0.25, 0.3) is 0 Å². The van der Waals surface area contributed by atoms with Crippen molar-refractivity contribution in [3.05, 3.63) is 24.3 Å². The van der Waals surface area contributed by atoms with Gasteiger partial charge in [-0.25, -0.2) is 0 Å². The molecule has 90 valence electrons. The third kappa shape index (κ3) is 4.08. The van der Waals surface area contributed by atoms with Gasteiger partial charge in [-0.2, -0.15) is 0 Å². The lowest BCUT2D eigenvalue weighted by atomic mass is 10.3. The Labute approximate surface area is 96.6 Å². The maximum absolute atomic E-state index is 8.83. The monoisotopic (exact) mass is 224 g/mol. The molecule has 4 heteroatoms. The molecule has 0 radical (unpaired) electrons. The van der Waals surface area contributed by atoms with Crippen molar-refractivity contribution < 1.29 is 9.84 Å². The van der Waals surface area contributed by atoms with Crippen LogP contribution >= 0.6 is 0 Å². The summed E-state index contributed by atoms with van der Waals surface area (Å²) in [6.45, 7) is 5.22. The Balaban J connectivity index is 2.32. The predicted octanol–water partition coefficient (Wildman–Crippen LogP) is 0.962. The minimum Gasteiger partial charge on any atom is -0.490 e. The zero-order valence-corrected chi connectivity index (χ0v) is 9.72. The number of benzene rings is 1. The quantitative estimate of drug-likeness (QED) is 0.677. The second kappa shape index (κ2) is 7.09. The maximum atomic E-state index is 8.83. The smallest absolute Gasteiger partial charge is 0.142 e. The van der Waals surface area contributed by atoms with Crippen LogP contribution in [0.2, 0.25) is 0 Å². The second-order valence-corrected chi connectivity index (χ2v) is 3.54. The van der Waals surface area contributed by atoms with Crippen molar-refractivity contribution in [2.75, 3.05) is 38.6 Å². The van der Waals surface area contributed by atoms with E-state index in [1.165, 1.54) is 0 Å². The standard InChI is InChI=1S/C12H20N2O2/c1-2-14(7-9-15)8-10-16-12-6-4-3-5-11(12)13/h3-6,15H,2,7-10,13H2,1H3. The third-order valence-electron chi connectivity index (χ3n) is 2.45. The number of hydrogen-bond donors (Lipinski definition) is 2. The molecular weight excluding hydrogens is 204 g/mol. The predicted molar refractivity (Wildman–Crippen MR) is 65.5 cm³/mol. The van der Waals surface area contributed by atoms with Crippen LogP contribution < -0.4 is 10.5 Å². The molecule has 16 heavy (non-hydrogen) atoms. The van der Waals surface area contributed by atoms with Gasteiger partial charge in [0.1, 0.15) is 12.4 Å². The number of para-hydroxylation sites is 2. The largest absolute Gasteiger partial charge is 0.490 e. The normalized spacial score (nSPS) is 10.7. The lowest BCUT2D eigenvalue weighted by Gasteiger charge is -2.19. The first kappa shape index (κ1) is 12.8. The van der Waals surface area contributed by atoms with Gasteiger partial charge in [-0.15, -0.1) is 0 Å². The van der Waals surface area contributed by atoms with Crippen molar-refractivity contribution in [3.8, 4) is 5.75 Å². The number of rotatable bonds is 7. The van der Waals surface area contributed by atoms with Crippen LogP contribution in [-0.2, 0) is 0 Å². The van der Waals surface area contributed by atoms with E-state index in [1.54, 1.807) is 0 Å². The molecule has 0 aliphatic carbocycles. The number of aliphatic hydroxyl groups is 1. The Kier molecular flexibility index (Phi) is 5.67. The molecule has 0 saturated carbocycles. The van der Waals surface area contributed by atoms with E-state index in [4.69, 9.17) is 15.6 Å². The Morgan fingerprint density at radius 1 is 1.31 bits per heavy atom. The van der Waals surface area contributed by atoms with Gasteiger partial charge in [-0.3, -0.25) is 4.90 Å². The molecule has 0 fully saturated rings. The van der Waals surface area contributed by atoms with Crippen molar-refractivity contribution in [2.24, 2.45) is 0 Å². The lowest BCUT2D eigenvalue weighted by Crippen LogP contribution is -2.30. The molecule has 1 aromatic rings. The summed E-state index contributed by atoms with van der Waals surface area (Å²) in [5.41, 5.74) is 6.41. The first-order valence-corrected chi connectivity index (χ1v) is 5.58. The highest BCUT2D eigenvalue weighted by atomic mass is 16.5. The Hall–Kier alpha value is -1.26.